The SMILES string of the molecule is CCNC1CCN(CC(C)(O)CC)CC1CC. The Morgan fingerprint density at radius 1 is 1.35 bits per heavy atom. The number of piperidine rings is 1. The highest BCUT2D eigenvalue weighted by atomic mass is 16.3. The van der Waals surface area contributed by atoms with Gasteiger partial charge in [0.05, 0.1) is 5.60 Å². The maximum absolute atomic E-state index is 10.1. The first-order valence-corrected chi connectivity index (χ1v) is 7.20. The highest BCUT2D eigenvalue weighted by molar-refractivity contribution is 4.87. The van der Waals surface area contributed by atoms with Crippen LogP contribution < -0.4 is 5.32 Å². The van der Waals surface area contributed by atoms with E-state index >= 15 is 0 Å². The Morgan fingerprint density at radius 2 is 2.06 bits per heavy atom. The Labute approximate surface area is 107 Å². The van der Waals surface area contributed by atoms with Crippen molar-refractivity contribution in [3.05, 3.63) is 0 Å². The van der Waals surface area contributed by atoms with Crippen molar-refractivity contribution < 1.29 is 5.11 Å². The van der Waals surface area contributed by atoms with E-state index in [-0.39, 0.29) is 0 Å². The summed E-state index contributed by atoms with van der Waals surface area (Å²) in [5.41, 5.74) is -0.524. The van der Waals surface area contributed by atoms with Crippen LogP contribution in [0, 0.1) is 5.92 Å². The number of likely N-dealkylation sites (tertiary alicyclic amines) is 1. The highest BCUT2D eigenvalue weighted by Gasteiger charge is 2.30. The van der Waals surface area contributed by atoms with Crippen LogP contribution in [0.15, 0.2) is 0 Å². The molecule has 0 saturated carbocycles. The van der Waals surface area contributed by atoms with E-state index in [9.17, 15) is 5.11 Å². The molecular weight excluding hydrogens is 212 g/mol. The fraction of sp³-hybridized carbons (Fsp3) is 1.00. The Kier molecular flexibility index (Phi) is 5.90. The number of hydrogen-bond acceptors (Lipinski definition) is 3. The molecule has 0 radical (unpaired) electrons. The molecule has 0 spiro atoms. The Bertz CT molecular complexity index is 218. The number of aliphatic hydroxyl groups is 1. The van der Waals surface area contributed by atoms with E-state index in [1.807, 2.05) is 6.92 Å². The van der Waals surface area contributed by atoms with Gasteiger partial charge >= 0.3 is 0 Å². The van der Waals surface area contributed by atoms with Crippen molar-refractivity contribution in [2.75, 3.05) is 26.2 Å². The van der Waals surface area contributed by atoms with Gasteiger partial charge in [-0.2, -0.15) is 0 Å². The zero-order valence-corrected chi connectivity index (χ0v) is 12.0. The first-order valence-electron chi connectivity index (χ1n) is 7.20. The van der Waals surface area contributed by atoms with Crippen LogP contribution >= 0.6 is 0 Å². The lowest BCUT2D eigenvalue weighted by molar-refractivity contribution is -0.000918. The fourth-order valence-corrected chi connectivity index (χ4v) is 2.79. The first-order chi connectivity index (χ1) is 8.02. The molecule has 1 fully saturated rings. The predicted octanol–water partition coefficient (Wildman–Crippen LogP) is 1.86. The van der Waals surface area contributed by atoms with Crippen molar-refractivity contribution in [2.45, 2.75) is 58.6 Å². The van der Waals surface area contributed by atoms with Crippen LogP contribution in [0.4, 0.5) is 0 Å². The second-order valence-electron chi connectivity index (χ2n) is 5.71. The number of β-amino-alcohol motifs (C(OH)–C–C–N with tert-alkyl or cyclic N) is 1. The maximum atomic E-state index is 10.1. The lowest BCUT2D eigenvalue weighted by Gasteiger charge is -2.41. The minimum atomic E-state index is -0.524. The molecular formula is C14H30N2O. The Hall–Kier alpha value is -0.120. The van der Waals surface area contributed by atoms with Crippen LogP contribution in [0.2, 0.25) is 0 Å². The molecule has 3 atom stereocenters. The molecule has 0 aliphatic carbocycles. The molecule has 3 unspecified atom stereocenters. The van der Waals surface area contributed by atoms with Gasteiger partial charge in [0.25, 0.3) is 0 Å². The van der Waals surface area contributed by atoms with Crippen molar-refractivity contribution in [3.63, 3.8) is 0 Å². The molecule has 0 aromatic rings. The summed E-state index contributed by atoms with van der Waals surface area (Å²) >= 11 is 0. The van der Waals surface area contributed by atoms with Crippen LogP contribution in [-0.2, 0) is 0 Å². The minimum absolute atomic E-state index is 0.524. The lowest BCUT2D eigenvalue weighted by Crippen LogP contribution is -2.52. The summed E-state index contributed by atoms with van der Waals surface area (Å²) in [6.07, 6.45) is 3.27. The van der Waals surface area contributed by atoms with E-state index in [1.165, 1.54) is 12.8 Å². The third kappa shape index (κ3) is 4.57. The average molecular weight is 242 g/mol. The fourth-order valence-electron chi connectivity index (χ4n) is 2.79. The smallest absolute Gasteiger partial charge is 0.0743 e. The van der Waals surface area contributed by atoms with E-state index in [0.717, 1.165) is 38.5 Å². The van der Waals surface area contributed by atoms with Crippen LogP contribution in [0.1, 0.15) is 47.0 Å². The van der Waals surface area contributed by atoms with E-state index in [2.05, 4.69) is 31.0 Å². The molecule has 0 aromatic carbocycles. The largest absolute Gasteiger partial charge is 0.389 e. The Balaban J connectivity index is 2.47. The van der Waals surface area contributed by atoms with Crippen molar-refractivity contribution in [2.24, 2.45) is 5.92 Å². The second-order valence-corrected chi connectivity index (χ2v) is 5.71. The van der Waals surface area contributed by atoms with Crippen molar-refractivity contribution >= 4 is 0 Å². The molecule has 1 rings (SSSR count). The molecule has 2 N–H and O–H groups in total. The quantitative estimate of drug-likeness (QED) is 0.746. The molecule has 3 nitrogen and oxygen atoms in total. The summed E-state index contributed by atoms with van der Waals surface area (Å²) in [5, 5.41) is 13.7. The van der Waals surface area contributed by atoms with Gasteiger partial charge in [0.15, 0.2) is 0 Å². The molecule has 0 bridgehead atoms. The summed E-state index contributed by atoms with van der Waals surface area (Å²) in [5.74, 6) is 0.733. The number of rotatable bonds is 6. The summed E-state index contributed by atoms with van der Waals surface area (Å²) < 4.78 is 0. The van der Waals surface area contributed by atoms with Crippen molar-refractivity contribution in [1.29, 1.82) is 0 Å². The van der Waals surface area contributed by atoms with Crippen LogP contribution in [0.5, 0.6) is 0 Å². The topological polar surface area (TPSA) is 35.5 Å². The van der Waals surface area contributed by atoms with Gasteiger partial charge in [-0.1, -0.05) is 27.2 Å². The first kappa shape index (κ1) is 14.9. The summed E-state index contributed by atoms with van der Waals surface area (Å²) in [7, 11) is 0. The van der Waals surface area contributed by atoms with Crippen molar-refractivity contribution in [1.82, 2.24) is 10.2 Å². The Morgan fingerprint density at radius 3 is 2.59 bits per heavy atom. The van der Waals surface area contributed by atoms with Crippen LogP contribution in [0.25, 0.3) is 0 Å². The molecule has 0 amide bonds. The standard InChI is InChI=1S/C14H30N2O/c1-5-12-10-16(11-14(4,17)6-2)9-8-13(12)15-7-3/h12-13,15,17H,5-11H2,1-4H3. The second kappa shape index (κ2) is 6.72. The van der Waals surface area contributed by atoms with E-state index in [0.29, 0.717) is 6.04 Å². The van der Waals surface area contributed by atoms with E-state index in [4.69, 9.17) is 0 Å². The minimum Gasteiger partial charge on any atom is -0.389 e. The molecule has 3 heteroatoms. The van der Waals surface area contributed by atoms with Gasteiger partial charge in [0, 0.05) is 19.1 Å². The molecule has 102 valence electrons. The lowest BCUT2D eigenvalue weighted by atomic mass is 9.89. The highest BCUT2D eigenvalue weighted by Crippen LogP contribution is 2.22. The monoisotopic (exact) mass is 242 g/mol. The third-order valence-corrected chi connectivity index (χ3v) is 4.13. The van der Waals surface area contributed by atoms with Gasteiger partial charge in [0.1, 0.15) is 0 Å². The molecule has 0 aromatic heterocycles. The molecule has 17 heavy (non-hydrogen) atoms. The van der Waals surface area contributed by atoms with Crippen LogP contribution in [0.3, 0.4) is 0 Å². The zero-order valence-electron chi connectivity index (χ0n) is 12.0. The van der Waals surface area contributed by atoms with E-state index < -0.39 is 5.60 Å². The normalized spacial score (nSPS) is 30.2. The maximum Gasteiger partial charge on any atom is 0.0743 e. The van der Waals surface area contributed by atoms with Gasteiger partial charge in [-0.3, -0.25) is 0 Å². The predicted molar refractivity (Wildman–Crippen MR) is 73.2 cm³/mol. The van der Waals surface area contributed by atoms with Gasteiger partial charge in [-0.05, 0) is 38.8 Å². The van der Waals surface area contributed by atoms with Crippen molar-refractivity contribution in [3.8, 4) is 0 Å². The summed E-state index contributed by atoms with van der Waals surface area (Å²) in [4.78, 5) is 2.44. The van der Waals surface area contributed by atoms with E-state index in [1.54, 1.807) is 0 Å². The molecule has 1 saturated heterocycles. The molecule has 1 aliphatic heterocycles. The number of hydrogen-bond donors (Lipinski definition) is 2. The molecule has 1 aliphatic rings. The third-order valence-electron chi connectivity index (χ3n) is 4.13. The zero-order chi connectivity index (χ0) is 12.9. The average Bonchev–Trinajstić information content (AvgIpc) is 2.31. The number of nitrogens with zero attached hydrogens (tertiary/aromatic N) is 1. The molecule has 1 heterocycles. The van der Waals surface area contributed by atoms with Gasteiger partial charge < -0.3 is 15.3 Å². The van der Waals surface area contributed by atoms with Gasteiger partial charge in [0.2, 0.25) is 0 Å². The number of nitrogens with one attached hydrogen (secondary N) is 1. The van der Waals surface area contributed by atoms with Gasteiger partial charge in [-0.25, -0.2) is 0 Å². The summed E-state index contributed by atoms with van der Waals surface area (Å²) in [6.45, 7) is 12.6. The summed E-state index contributed by atoms with van der Waals surface area (Å²) in [6, 6.07) is 0.674. The van der Waals surface area contributed by atoms with Crippen LogP contribution in [-0.4, -0.2) is 47.8 Å². The van der Waals surface area contributed by atoms with Gasteiger partial charge in [-0.15, -0.1) is 0 Å².